The van der Waals surface area contributed by atoms with E-state index in [2.05, 4.69) is 4.72 Å². The summed E-state index contributed by atoms with van der Waals surface area (Å²) in [5.74, 6) is 0. The highest BCUT2D eigenvalue weighted by molar-refractivity contribution is 7.94. The van der Waals surface area contributed by atoms with E-state index in [0.29, 0.717) is 0 Å². The van der Waals surface area contributed by atoms with E-state index in [4.69, 9.17) is 10.9 Å². The molecule has 7 nitrogen and oxygen atoms in total. The van der Waals surface area contributed by atoms with E-state index >= 15 is 0 Å². The van der Waals surface area contributed by atoms with Crippen LogP contribution in [0.15, 0.2) is 45.5 Å². The molecule has 0 unspecified atom stereocenters. The quantitative estimate of drug-likeness (QED) is 0.730. The second-order valence-electron chi connectivity index (χ2n) is 4.10. The molecular weight excluding hydrogens is 334 g/mol. The van der Waals surface area contributed by atoms with Gasteiger partial charge < -0.3 is 5.73 Å². The standard InChI is InChI=1S/C11H13N3O4S3/c12-7-9-3-6-11(19-9)21(17,18)14-8-1-4-10(5-2-8)20(13,15)16/h1-6,14H,7,12H2,(H2,13,15,16). The highest BCUT2D eigenvalue weighted by Crippen LogP contribution is 2.24. The predicted molar refractivity (Wildman–Crippen MR) is 80.8 cm³/mol. The monoisotopic (exact) mass is 347 g/mol. The summed E-state index contributed by atoms with van der Waals surface area (Å²) < 4.78 is 49.0. The molecule has 2 aromatic rings. The maximum absolute atomic E-state index is 12.1. The van der Waals surface area contributed by atoms with Gasteiger partial charge in [0.05, 0.1) is 4.90 Å². The van der Waals surface area contributed by atoms with E-state index in [1.165, 1.54) is 30.3 Å². The minimum absolute atomic E-state index is 0.0908. The van der Waals surface area contributed by atoms with Crippen LogP contribution in [0.1, 0.15) is 4.88 Å². The zero-order chi connectivity index (χ0) is 15.7. The molecule has 0 aliphatic rings. The van der Waals surface area contributed by atoms with Crippen LogP contribution in [0.4, 0.5) is 5.69 Å². The van der Waals surface area contributed by atoms with Gasteiger partial charge in [-0.1, -0.05) is 0 Å². The van der Waals surface area contributed by atoms with Crippen LogP contribution < -0.4 is 15.6 Å². The van der Waals surface area contributed by atoms with Crippen molar-refractivity contribution in [2.24, 2.45) is 10.9 Å². The van der Waals surface area contributed by atoms with Gasteiger partial charge in [0.15, 0.2) is 0 Å². The van der Waals surface area contributed by atoms with E-state index in [-0.39, 0.29) is 21.3 Å². The molecule has 1 aromatic heterocycles. The average molecular weight is 347 g/mol. The summed E-state index contributed by atoms with van der Waals surface area (Å²) in [6, 6.07) is 8.22. The molecule has 0 bridgehead atoms. The van der Waals surface area contributed by atoms with Crippen molar-refractivity contribution in [3.8, 4) is 0 Å². The molecule has 10 heteroatoms. The lowest BCUT2D eigenvalue weighted by Crippen LogP contribution is -2.13. The molecule has 114 valence electrons. The first-order chi connectivity index (χ1) is 9.72. The Hall–Kier alpha value is -1.46. The molecular formula is C11H13N3O4S3. The lowest BCUT2D eigenvalue weighted by atomic mass is 10.3. The highest BCUT2D eigenvalue weighted by atomic mass is 32.2. The first kappa shape index (κ1) is 15.9. The molecule has 0 fully saturated rings. The summed E-state index contributed by atoms with van der Waals surface area (Å²) in [7, 11) is -7.52. The normalized spacial score (nSPS) is 12.3. The number of primary sulfonamides is 1. The summed E-state index contributed by atoms with van der Waals surface area (Å²) in [5.41, 5.74) is 5.68. The first-order valence-electron chi connectivity index (χ1n) is 5.67. The molecule has 0 saturated carbocycles. The third-order valence-corrected chi connectivity index (χ3v) is 6.45. The van der Waals surface area contributed by atoms with Crippen molar-refractivity contribution in [2.75, 3.05) is 4.72 Å². The lowest BCUT2D eigenvalue weighted by Gasteiger charge is -2.06. The second-order valence-corrected chi connectivity index (χ2v) is 8.74. The topological polar surface area (TPSA) is 132 Å². The molecule has 0 spiro atoms. The van der Waals surface area contributed by atoms with Gasteiger partial charge in [0.25, 0.3) is 10.0 Å². The fourth-order valence-corrected chi connectivity index (χ4v) is 4.34. The number of thiophene rings is 1. The number of rotatable bonds is 5. The van der Waals surface area contributed by atoms with Crippen molar-refractivity contribution in [1.82, 2.24) is 0 Å². The van der Waals surface area contributed by atoms with Crippen molar-refractivity contribution in [3.63, 3.8) is 0 Å². The van der Waals surface area contributed by atoms with Gasteiger partial charge in [-0.25, -0.2) is 22.0 Å². The lowest BCUT2D eigenvalue weighted by molar-refractivity contribution is 0.597. The first-order valence-corrected chi connectivity index (χ1v) is 9.51. The Labute approximate surface area is 126 Å². The van der Waals surface area contributed by atoms with Gasteiger partial charge in [0, 0.05) is 17.1 Å². The third-order valence-electron chi connectivity index (χ3n) is 2.54. The Balaban J connectivity index is 2.24. The second kappa shape index (κ2) is 5.73. The predicted octanol–water partition coefficient (Wildman–Crippen LogP) is 0.655. The number of anilines is 1. The Kier molecular flexibility index (Phi) is 4.35. The fourth-order valence-electron chi connectivity index (χ4n) is 1.53. The Morgan fingerprint density at radius 2 is 1.62 bits per heavy atom. The fraction of sp³-hybridized carbons (Fsp3) is 0.0909. The zero-order valence-electron chi connectivity index (χ0n) is 10.7. The number of hydrogen-bond donors (Lipinski definition) is 3. The average Bonchev–Trinajstić information content (AvgIpc) is 2.87. The minimum atomic E-state index is -3.80. The van der Waals surface area contributed by atoms with Gasteiger partial charge in [0.1, 0.15) is 4.21 Å². The van der Waals surface area contributed by atoms with E-state index in [1.807, 2.05) is 0 Å². The van der Waals surface area contributed by atoms with Crippen LogP contribution >= 0.6 is 11.3 Å². The van der Waals surface area contributed by atoms with Gasteiger partial charge >= 0.3 is 0 Å². The number of benzene rings is 1. The molecule has 1 aromatic carbocycles. The van der Waals surface area contributed by atoms with Crippen LogP contribution in [-0.4, -0.2) is 16.8 Å². The van der Waals surface area contributed by atoms with Crippen molar-refractivity contribution in [1.29, 1.82) is 0 Å². The number of nitrogens with one attached hydrogen (secondary N) is 1. The Morgan fingerprint density at radius 1 is 1.00 bits per heavy atom. The van der Waals surface area contributed by atoms with E-state index in [1.54, 1.807) is 6.07 Å². The zero-order valence-corrected chi connectivity index (χ0v) is 13.1. The van der Waals surface area contributed by atoms with Crippen LogP contribution in [0.5, 0.6) is 0 Å². The Morgan fingerprint density at radius 3 is 2.10 bits per heavy atom. The maximum atomic E-state index is 12.1. The van der Waals surface area contributed by atoms with Crippen molar-refractivity contribution >= 4 is 37.1 Å². The van der Waals surface area contributed by atoms with Crippen molar-refractivity contribution in [3.05, 3.63) is 41.3 Å². The van der Waals surface area contributed by atoms with Gasteiger partial charge in [-0.05, 0) is 36.4 Å². The minimum Gasteiger partial charge on any atom is -0.326 e. The van der Waals surface area contributed by atoms with Crippen LogP contribution in [0.25, 0.3) is 0 Å². The van der Waals surface area contributed by atoms with E-state index in [9.17, 15) is 16.8 Å². The largest absolute Gasteiger partial charge is 0.326 e. The molecule has 1 heterocycles. The number of hydrogen-bond acceptors (Lipinski definition) is 6. The summed E-state index contributed by atoms with van der Waals surface area (Å²) in [6.45, 7) is 0.267. The van der Waals surface area contributed by atoms with Crippen molar-refractivity contribution in [2.45, 2.75) is 15.6 Å². The summed E-state index contributed by atoms with van der Waals surface area (Å²) in [4.78, 5) is 0.659. The molecule has 0 radical (unpaired) electrons. The summed E-state index contributed by atoms with van der Waals surface area (Å²) in [5, 5.41) is 4.97. The number of nitrogens with two attached hydrogens (primary N) is 2. The molecule has 5 N–H and O–H groups in total. The van der Waals surface area contributed by atoms with E-state index < -0.39 is 20.0 Å². The molecule has 0 aliphatic heterocycles. The molecule has 0 amide bonds. The van der Waals surface area contributed by atoms with Gasteiger partial charge in [0.2, 0.25) is 10.0 Å². The van der Waals surface area contributed by atoms with Crippen LogP contribution in [0.3, 0.4) is 0 Å². The van der Waals surface area contributed by atoms with E-state index in [0.717, 1.165) is 16.2 Å². The smallest absolute Gasteiger partial charge is 0.271 e. The van der Waals surface area contributed by atoms with Crippen molar-refractivity contribution < 1.29 is 16.8 Å². The van der Waals surface area contributed by atoms with Gasteiger partial charge in [-0.3, -0.25) is 4.72 Å². The summed E-state index contributed by atoms with van der Waals surface area (Å²) in [6.07, 6.45) is 0. The third kappa shape index (κ3) is 3.80. The van der Waals surface area contributed by atoms with Gasteiger partial charge in [-0.2, -0.15) is 0 Å². The van der Waals surface area contributed by atoms with Crippen LogP contribution in [-0.2, 0) is 26.6 Å². The molecule has 0 atom stereocenters. The Bertz CT molecular complexity index is 839. The SMILES string of the molecule is NCc1ccc(S(=O)(=O)Nc2ccc(S(N)(=O)=O)cc2)s1. The molecule has 2 rings (SSSR count). The maximum Gasteiger partial charge on any atom is 0.271 e. The van der Waals surface area contributed by atoms with Crippen LogP contribution in [0.2, 0.25) is 0 Å². The molecule has 21 heavy (non-hydrogen) atoms. The molecule has 0 aliphatic carbocycles. The molecule has 0 saturated heterocycles. The van der Waals surface area contributed by atoms with Gasteiger partial charge in [-0.15, -0.1) is 11.3 Å². The highest BCUT2D eigenvalue weighted by Gasteiger charge is 2.17. The number of sulfonamides is 2. The van der Waals surface area contributed by atoms with Crippen LogP contribution in [0, 0.1) is 0 Å². The summed E-state index contributed by atoms with van der Waals surface area (Å²) >= 11 is 1.08.